The van der Waals surface area contributed by atoms with Crippen LogP contribution in [0.3, 0.4) is 0 Å². The number of aryl methyl sites for hydroxylation is 2. The van der Waals surface area contributed by atoms with Gasteiger partial charge >= 0.3 is 0 Å². The fraction of sp³-hybridized carbons (Fsp3) is 0.130. The van der Waals surface area contributed by atoms with Gasteiger partial charge in [0, 0.05) is 22.7 Å². The van der Waals surface area contributed by atoms with Crippen LogP contribution in [0.15, 0.2) is 79.4 Å². The molecule has 25 heavy (non-hydrogen) atoms. The van der Waals surface area contributed by atoms with E-state index in [9.17, 15) is 0 Å². The lowest BCUT2D eigenvalue weighted by Gasteiger charge is -2.15. The van der Waals surface area contributed by atoms with E-state index in [-0.39, 0.29) is 0 Å². The molecule has 0 heterocycles. The summed E-state index contributed by atoms with van der Waals surface area (Å²) in [5.74, 6) is 0. The maximum atomic E-state index is 3.87. The van der Waals surface area contributed by atoms with Crippen molar-refractivity contribution >= 4 is 22.7 Å². The summed E-state index contributed by atoms with van der Waals surface area (Å²) in [4.78, 5) is 0. The van der Waals surface area contributed by atoms with Gasteiger partial charge in [0.1, 0.15) is 0 Å². The second-order valence-electron chi connectivity index (χ2n) is 6.35. The monoisotopic (exact) mass is 328 g/mol. The van der Waals surface area contributed by atoms with Crippen molar-refractivity contribution in [1.82, 2.24) is 0 Å². The molecule has 2 nitrogen and oxygen atoms in total. The molecule has 2 heteroatoms. The standard InChI is InChI=1S/C23H24N2/c1-4-7-19-12-13-22(24-20-10-5-8-17(2)14-20)16-23(19)25-21-11-6-9-18(3)15-21/h4-6,8-16,24-25H,1,7H2,2-3H3. The van der Waals surface area contributed by atoms with Crippen molar-refractivity contribution < 1.29 is 0 Å². The van der Waals surface area contributed by atoms with Crippen molar-refractivity contribution in [3.05, 3.63) is 96.1 Å². The third-order valence-corrected chi connectivity index (χ3v) is 4.08. The summed E-state index contributed by atoms with van der Waals surface area (Å²) >= 11 is 0. The minimum atomic E-state index is 0.832. The molecule has 0 aliphatic carbocycles. The molecule has 3 rings (SSSR count). The van der Waals surface area contributed by atoms with Gasteiger partial charge in [0.05, 0.1) is 0 Å². The molecule has 0 unspecified atom stereocenters. The number of rotatable bonds is 6. The SMILES string of the molecule is C=CCc1ccc(Nc2cccc(C)c2)cc1Nc1cccc(C)c1. The molecule has 126 valence electrons. The number of anilines is 4. The van der Waals surface area contributed by atoms with Crippen molar-refractivity contribution in [1.29, 1.82) is 0 Å². The topological polar surface area (TPSA) is 24.1 Å². The van der Waals surface area contributed by atoms with E-state index in [1.165, 1.54) is 16.7 Å². The van der Waals surface area contributed by atoms with Crippen LogP contribution in [-0.2, 0) is 6.42 Å². The van der Waals surface area contributed by atoms with E-state index in [0.29, 0.717) is 0 Å². The van der Waals surface area contributed by atoms with Crippen molar-refractivity contribution in [3.8, 4) is 0 Å². The number of allylic oxidation sites excluding steroid dienone is 1. The third-order valence-electron chi connectivity index (χ3n) is 4.08. The van der Waals surface area contributed by atoms with Gasteiger partial charge in [0.2, 0.25) is 0 Å². The molecular weight excluding hydrogens is 304 g/mol. The zero-order valence-electron chi connectivity index (χ0n) is 14.8. The molecule has 2 N–H and O–H groups in total. The summed E-state index contributed by atoms with van der Waals surface area (Å²) < 4.78 is 0. The zero-order chi connectivity index (χ0) is 17.6. The Balaban J connectivity index is 1.90. The van der Waals surface area contributed by atoms with E-state index in [1.54, 1.807) is 0 Å². The first-order chi connectivity index (χ1) is 12.1. The van der Waals surface area contributed by atoms with Gasteiger partial charge < -0.3 is 10.6 Å². The molecule has 0 atom stereocenters. The summed E-state index contributed by atoms with van der Waals surface area (Å²) in [5.41, 5.74) is 8.06. The van der Waals surface area contributed by atoms with Gasteiger partial charge in [-0.15, -0.1) is 6.58 Å². The van der Waals surface area contributed by atoms with Crippen LogP contribution >= 0.6 is 0 Å². The molecule has 0 spiro atoms. The second kappa shape index (κ2) is 7.71. The summed E-state index contributed by atoms with van der Waals surface area (Å²) in [6.45, 7) is 8.08. The lowest BCUT2D eigenvalue weighted by atomic mass is 10.1. The molecular formula is C23H24N2. The van der Waals surface area contributed by atoms with Crippen LogP contribution in [0.1, 0.15) is 16.7 Å². The molecule has 3 aromatic carbocycles. The van der Waals surface area contributed by atoms with Gasteiger partial charge in [-0.05, 0) is 73.4 Å². The highest BCUT2D eigenvalue weighted by Gasteiger charge is 2.05. The highest BCUT2D eigenvalue weighted by Crippen LogP contribution is 2.28. The van der Waals surface area contributed by atoms with E-state index >= 15 is 0 Å². The molecule has 0 saturated heterocycles. The Morgan fingerprint density at radius 1 is 0.760 bits per heavy atom. The molecule has 0 fully saturated rings. The maximum absolute atomic E-state index is 3.87. The minimum Gasteiger partial charge on any atom is -0.355 e. The Labute approximate surface area is 150 Å². The zero-order valence-corrected chi connectivity index (χ0v) is 14.8. The predicted molar refractivity (Wildman–Crippen MR) is 109 cm³/mol. The summed E-state index contributed by atoms with van der Waals surface area (Å²) in [5, 5.41) is 7.03. The number of hydrogen-bond donors (Lipinski definition) is 2. The van der Waals surface area contributed by atoms with Gasteiger partial charge in [-0.3, -0.25) is 0 Å². The fourth-order valence-corrected chi connectivity index (χ4v) is 2.87. The van der Waals surface area contributed by atoms with E-state index in [2.05, 4.69) is 97.8 Å². The molecule has 0 aliphatic rings. The van der Waals surface area contributed by atoms with Crippen LogP contribution in [0.4, 0.5) is 22.7 Å². The van der Waals surface area contributed by atoms with Crippen LogP contribution in [0.5, 0.6) is 0 Å². The largest absolute Gasteiger partial charge is 0.355 e. The highest BCUT2D eigenvalue weighted by atomic mass is 14.9. The first-order valence-corrected chi connectivity index (χ1v) is 8.55. The normalized spacial score (nSPS) is 10.3. The average molecular weight is 328 g/mol. The van der Waals surface area contributed by atoms with Gasteiger partial charge in [0.15, 0.2) is 0 Å². The Kier molecular flexibility index (Phi) is 5.20. The first kappa shape index (κ1) is 16.8. The van der Waals surface area contributed by atoms with Crippen molar-refractivity contribution in [3.63, 3.8) is 0 Å². The van der Waals surface area contributed by atoms with Crippen LogP contribution < -0.4 is 10.6 Å². The molecule has 0 aromatic heterocycles. The Morgan fingerprint density at radius 2 is 1.36 bits per heavy atom. The van der Waals surface area contributed by atoms with Crippen molar-refractivity contribution in [2.75, 3.05) is 10.6 Å². The van der Waals surface area contributed by atoms with E-state index < -0.39 is 0 Å². The van der Waals surface area contributed by atoms with Gasteiger partial charge in [-0.1, -0.05) is 36.4 Å². The first-order valence-electron chi connectivity index (χ1n) is 8.55. The van der Waals surface area contributed by atoms with Gasteiger partial charge in [-0.25, -0.2) is 0 Å². The van der Waals surface area contributed by atoms with Gasteiger partial charge in [0.25, 0.3) is 0 Å². The highest BCUT2D eigenvalue weighted by molar-refractivity contribution is 5.71. The minimum absolute atomic E-state index is 0.832. The van der Waals surface area contributed by atoms with Crippen molar-refractivity contribution in [2.45, 2.75) is 20.3 Å². The lowest BCUT2D eigenvalue weighted by Crippen LogP contribution is -1.98. The molecule has 3 aromatic rings. The summed E-state index contributed by atoms with van der Waals surface area (Å²) in [7, 11) is 0. The molecule has 0 aliphatic heterocycles. The van der Waals surface area contributed by atoms with Crippen LogP contribution in [0, 0.1) is 13.8 Å². The Hall–Kier alpha value is -3.00. The summed E-state index contributed by atoms with van der Waals surface area (Å²) in [6.07, 6.45) is 2.77. The van der Waals surface area contributed by atoms with E-state index in [4.69, 9.17) is 0 Å². The number of hydrogen-bond acceptors (Lipinski definition) is 2. The molecule has 0 amide bonds. The average Bonchev–Trinajstić information content (AvgIpc) is 2.57. The summed E-state index contributed by atoms with van der Waals surface area (Å²) in [6, 6.07) is 23.2. The smallest absolute Gasteiger partial charge is 0.0440 e. The molecule has 0 bridgehead atoms. The van der Waals surface area contributed by atoms with Crippen LogP contribution in [-0.4, -0.2) is 0 Å². The number of nitrogens with one attached hydrogen (secondary N) is 2. The van der Waals surface area contributed by atoms with Crippen LogP contribution in [0.25, 0.3) is 0 Å². The third kappa shape index (κ3) is 4.51. The second-order valence-corrected chi connectivity index (χ2v) is 6.35. The van der Waals surface area contributed by atoms with E-state index in [1.807, 2.05) is 6.08 Å². The molecule has 0 saturated carbocycles. The maximum Gasteiger partial charge on any atom is 0.0440 e. The van der Waals surface area contributed by atoms with Crippen molar-refractivity contribution in [2.24, 2.45) is 0 Å². The Bertz CT molecular complexity index is 881. The van der Waals surface area contributed by atoms with Crippen LogP contribution in [0.2, 0.25) is 0 Å². The van der Waals surface area contributed by atoms with E-state index in [0.717, 1.165) is 29.2 Å². The molecule has 0 radical (unpaired) electrons. The predicted octanol–water partition coefficient (Wildman–Crippen LogP) is 6.52. The Morgan fingerprint density at radius 3 is 1.96 bits per heavy atom. The lowest BCUT2D eigenvalue weighted by molar-refractivity contribution is 1.27. The quantitative estimate of drug-likeness (QED) is 0.503. The fourth-order valence-electron chi connectivity index (χ4n) is 2.87. The number of benzene rings is 3. The van der Waals surface area contributed by atoms with Gasteiger partial charge in [-0.2, -0.15) is 0 Å².